The zero-order valence-corrected chi connectivity index (χ0v) is 21.8. The monoisotopic (exact) mass is 565 g/mol. The van der Waals surface area contributed by atoms with Crippen molar-refractivity contribution in [2.75, 3.05) is 26.7 Å². The minimum Gasteiger partial charge on any atom is -0.355 e. The Labute approximate surface area is 211 Å². The number of hydrogen-bond acceptors (Lipinski definition) is 5. The van der Waals surface area contributed by atoms with E-state index in [1.54, 1.807) is 6.33 Å². The topological polar surface area (TPSA) is 70.4 Å². The second kappa shape index (κ2) is 12.3. The summed E-state index contributed by atoms with van der Waals surface area (Å²) in [6, 6.07) is 13.3. The summed E-state index contributed by atoms with van der Waals surface area (Å²) < 4.78 is 2.08. The second-order valence-corrected chi connectivity index (χ2v) is 8.69. The highest BCUT2D eigenvalue weighted by molar-refractivity contribution is 14.0. The van der Waals surface area contributed by atoms with Crippen LogP contribution in [0.25, 0.3) is 0 Å². The molecule has 0 bridgehead atoms. The highest BCUT2D eigenvalue weighted by atomic mass is 127. The first-order chi connectivity index (χ1) is 15.3. The third-order valence-corrected chi connectivity index (χ3v) is 6.83. The number of nitrogens with zero attached hydrogens (tertiary/aromatic N) is 5. The molecule has 1 aliphatic rings. The lowest BCUT2D eigenvalue weighted by Crippen LogP contribution is -2.44. The van der Waals surface area contributed by atoms with Crippen LogP contribution in [0.3, 0.4) is 0 Å². The van der Waals surface area contributed by atoms with E-state index in [4.69, 9.17) is 0 Å². The maximum absolute atomic E-state index is 4.42. The largest absolute Gasteiger partial charge is 0.355 e. The van der Waals surface area contributed by atoms with Crippen molar-refractivity contribution < 1.29 is 0 Å². The van der Waals surface area contributed by atoms with Crippen LogP contribution in [0.5, 0.6) is 0 Å². The Morgan fingerprint density at radius 2 is 2.06 bits per heavy atom. The van der Waals surface area contributed by atoms with Gasteiger partial charge in [0.2, 0.25) is 0 Å². The fraction of sp³-hybridized carbons (Fsp3) is 0.435. The molecule has 1 aromatic carbocycles. The van der Waals surface area contributed by atoms with Crippen molar-refractivity contribution in [3.8, 4) is 0 Å². The summed E-state index contributed by atoms with van der Waals surface area (Å²) in [7, 11) is 1.82. The van der Waals surface area contributed by atoms with Gasteiger partial charge in [-0.15, -0.1) is 45.5 Å². The molecule has 0 saturated carbocycles. The number of guanidine groups is 1. The van der Waals surface area contributed by atoms with Gasteiger partial charge in [-0.1, -0.05) is 37.3 Å². The highest BCUT2D eigenvalue weighted by Crippen LogP contribution is 2.30. The molecule has 4 rings (SSSR count). The average molecular weight is 566 g/mol. The molecule has 1 atom stereocenters. The van der Waals surface area contributed by atoms with Crippen LogP contribution in [0.15, 0.2) is 53.1 Å². The van der Waals surface area contributed by atoms with E-state index in [1.165, 1.54) is 16.0 Å². The number of aromatic nitrogens is 3. The molecule has 0 spiro atoms. The van der Waals surface area contributed by atoms with Crippen LogP contribution in [-0.4, -0.2) is 52.3 Å². The lowest BCUT2D eigenvalue weighted by Gasteiger charge is -2.35. The maximum Gasteiger partial charge on any atom is 0.191 e. The third kappa shape index (κ3) is 6.08. The Hall–Kier alpha value is -1.98. The quantitative estimate of drug-likeness (QED) is 0.249. The first kappa shape index (κ1) is 24.7. The van der Waals surface area contributed by atoms with Crippen LogP contribution in [-0.2, 0) is 25.9 Å². The fourth-order valence-corrected chi connectivity index (χ4v) is 5.01. The van der Waals surface area contributed by atoms with Gasteiger partial charge in [-0.05, 0) is 29.0 Å². The molecule has 7 nitrogen and oxygen atoms in total. The van der Waals surface area contributed by atoms with Crippen molar-refractivity contribution >= 4 is 41.3 Å². The predicted octanol–water partition coefficient (Wildman–Crippen LogP) is 3.48. The lowest BCUT2D eigenvalue weighted by atomic mass is 10.0. The van der Waals surface area contributed by atoms with E-state index >= 15 is 0 Å². The van der Waals surface area contributed by atoms with Crippen LogP contribution in [0.4, 0.5) is 0 Å². The van der Waals surface area contributed by atoms with E-state index in [0.29, 0.717) is 0 Å². The zero-order valence-electron chi connectivity index (χ0n) is 18.7. The van der Waals surface area contributed by atoms with Crippen molar-refractivity contribution in [2.24, 2.45) is 4.99 Å². The van der Waals surface area contributed by atoms with Gasteiger partial charge in [0, 0.05) is 51.1 Å². The van der Waals surface area contributed by atoms with Crippen molar-refractivity contribution in [1.82, 2.24) is 30.3 Å². The molecule has 0 saturated heterocycles. The van der Waals surface area contributed by atoms with Crippen LogP contribution in [0, 0.1) is 0 Å². The number of aryl methyl sites for hydroxylation is 1. The third-order valence-electron chi connectivity index (χ3n) is 5.81. The molecule has 0 aliphatic carbocycles. The fourth-order valence-electron chi connectivity index (χ4n) is 4.12. The van der Waals surface area contributed by atoms with Crippen molar-refractivity contribution in [1.29, 1.82) is 0 Å². The molecule has 2 aromatic heterocycles. The van der Waals surface area contributed by atoms with Gasteiger partial charge in [-0.25, -0.2) is 0 Å². The van der Waals surface area contributed by atoms with Gasteiger partial charge in [-0.2, -0.15) is 0 Å². The van der Waals surface area contributed by atoms with Crippen LogP contribution in [0.1, 0.15) is 34.8 Å². The molecule has 32 heavy (non-hydrogen) atoms. The number of rotatable bonds is 8. The zero-order chi connectivity index (χ0) is 21.5. The molecular weight excluding hydrogens is 533 g/mol. The lowest BCUT2D eigenvalue weighted by molar-refractivity contribution is 0.181. The molecule has 1 aliphatic heterocycles. The van der Waals surface area contributed by atoms with Gasteiger partial charge in [0.15, 0.2) is 5.96 Å². The Kier molecular flexibility index (Phi) is 9.49. The summed E-state index contributed by atoms with van der Waals surface area (Å²) in [5.74, 6) is 1.83. The second-order valence-electron chi connectivity index (χ2n) is 7.69. The summed E-state index contributed by atoms with van der Waals surface area (Å²) in [5.41, 5.74) is 2.81. The Balaban J connectivity index is 0.00000289. The number of nitrogens with one attached hydrogen (secondary N) is 2. The van der Waals surface area contributed by atoms with Gasteiger partial charge in [0.25, 0.3) is 0 Å². The van der Waals surface area contributed by atoms with Gasteiger partial charge in [-0.3, -0.25) is 9.89 Å². The predicted molar refractivity (Wildman–Crippen MR) is 142 cm³/mol. The van der Waals surface area contributed by atoms with Gasteiger partial charge < -0.3 is 15.2 Å². The molecule has 0 amide bonds. The molecule has 0 radical (unpaired) electrons. The van der Waals surface area contributed by atoms with Gasteiger partial charge in [0.1, 0.15) is 12.2 Å². The SMILES string of the molecule is CCc1nncn1CCNC(=NC)NCC(c1ccccc1)N1CCc2sccc2C1.I. The minimum atomic E-state index is 0. The molecule has 0 fully saturated rings. The Morgan fingerprint density at radius 3 is 2.84 bits per heavy atom. The van der Waals surface area contributed by atoms with Crippen molar-refractivity contribution in [2.45, 2.75) is 38.9 Å². The minimum absolute atomic E-state index is 0. The maximum atomic E-state index is 4.42. The molecule has 172 valence electrons. The van der Waals surface area contributed by atoms with E-state index in [0.717, 1.165) is 57.3 Å². The van der Waals surface area contributed by atoms with E-state index in [9.17, 15) is 0 Å². The van der Waals surface area contributed by atoms with E-state index in [1.807, 2.05) is 18.4 Å². The molecule has 2 N–H and O–H groups in total. The molecule has 3 heterocycles. The molecule has 3 aromatic rings. The number of benzene rings is 1. The van der Waals surface area contributed by atoms with Crippen molar-refractivity contribution in [3.05, 3.63) is 69.9 Å². The standard InChI is InChI=1S/C23H31N7S.HI/c1-3-22-28-27-17-30(22)13-11-25-23(24-2)26-15-20(18-7-5-4-6-8-18)29-12-9-21-19(16-29)10-14-31-21;/h4-8,10,14,17,20H,3,9,11-13,15-16H2,1-2H3,(H2,24,25,26);1H. The molecule has 9 heteroatoms. The van der Waals surface area contributed by atoms with Crippen molar-refractivity contribution in [3.63, 3.8) is 0 Å². The first-order valence-corrected chi connectivity index (χ1v) is 11.8. The smallest absolute Gasteiger partial charge is 0.191 e. The molecular formula is C23H32IN7S. The van der Waals surface area contributed by atoms with Gasteiger partial charge in [0.05, 0.1) is 6.04 Å². The summed E-state index contributed by atoms with van der Waals surface area (Å²) in [4.78, 5) is 8.54. The Morgan fingerprint density at radius 1 is 1.22 bits per heavy atom. The number of hydrogen-bond donors (Lipinski definition) is 2. The number of aliphatic imine (C=N–C) groups is 1. The highest BCUT2D eigenvalue weighted by Gasteiger charge is 2.25. The summed E-state index contributed by atoms with van der Waals surface area (Å²) in [6.45, 7) is 6.55. The van der Waals surface area contributed by atoms with Gasteiger partial charge >= 0.3 is 0 Å². The number of halogens is 1. The van der Waals surface area contributed by atoms with Crippen LogP contribution < -0.4 is 10.6 Å². The molecule has 1 unspecified atom stereocenters. The normalized spacial score (nSPS) is 15.0. The Bertz CT molecular complexity index is 985. The first-order valence-electron chi connectivity index (χ1n) is 10.9. The van der Waals surface area contributed by atoms with Crippen LogP contribution in [0.2, 0.25) is 0 Å². The number of fused-ring (bicyclic) bond motifs is 1. The van der Waals surface area contributed by atoms with E-state index < -0.39 is 0 Å². The van der Waals surface area contributed by atoms with Crippen LogP contribution >= 0.6 is 35.3 Å². The average Bonchev–Trinajstić information content (AvgIpc) is 3.47. The van der Waals surface area contributed by atoms with E-state index in [-0.39, 0.29) is 30.0 Å². The number of thiophene rings is 1. The van der Waals surface area contributed by atoms with E-state index in [2.05, 4.69) is 84.0 Å². The summed E-state index contributed by atoms with van der Waals surface area (Å²) in [6.07, 6.45) is 3.80. The summed E-state index contributed by atoms with van der Waals surface area (Å²) >= 11 is 1.88. The summed E-state index contributed by atoms with van der Waals surface area (Å²) in [5, 5.41) is 17.3.